The second-order valence-electron chi connectivity index (χ2n) is 4.87. The summed E-state index contributed by atoms with van der Waals surface area (Å²) in [7, 11) is 0. The number of halogens is 1. The Kier molecular flexibility index (Phi) is 4.08. The number of nitrogens with zero attached hydrogens (tertiary/aromatic N) is 2. The highest BCUT2D eigenvalue weighted by Gasteiger charge is 2.20. The quantitative estimate of drug-likeness (QED) is 0.940. The molecule has 110 valence electrons. The average Bonchev–Trinajstić information content (AvgIpc) is 2.52. The predicted molar refractivity (Wildman–Crippen MR) is 74.8 cm³/mol. The lowest BCUT2D eigenvalue weighted by Gasteiger charge is -2.24. The maximum Gasteiger partial charge on any atom is 0.241 e. The van der Waals surface area contributed by atoms with Gasteiger partial charge >= 0.3 is 0 Å². The van der Waals surface area contributed by atoms with Gasteiger partial charge in [0.1, 0.15) is 11.6 Å². The van der Waals surface area contributed by atoms with Crippen LogP contribution in [-0.2, 0) is 4.74 Å². The fraction of sp³-hybridized carbons (Fsp3) is 0.333. The number of morpholine rings is 1. The van der Waals surface area contributed by atoms with Crippen LogP contribution in [0.1, 0.15) is 17.2 Å². The predicted octanol–water partition coefficient (Wildman–Crippen LogP) is 2.38. The molecule has 5 nitrogen and oxygen atoms in total. The van der Waals surface area contributed by atoms with Crippen LogP contribution in [0, 0.1) is 12.7 Å². The standard InChI is InChI=1S/C15H16FN3O2/c1-10-4-5-18-19-15(10)21-11-2-3-13(16)12(8-11)14-9-17-6-7-20-14/h2-5,8,14,17H,6-7,9H2,1H3/t14-/m0/s1. The molecule has 1 N–H and O–H groups in total. The molecule has 0 aliphatic carbocycles. The van der Waals surface area contributed by atoms with Crippen molar-refractivity contribution in [2.75, 3.05) is 19.7 Å². The molecule has 6 heteroatoms. The maximum absolute atomic E-state index is 14.0. The van der Waals surface area contributed by atoms with Crippen molar-refractivity contribution in [3.8, 4) is 11.6 Å². The number of hydrogen-bond acceptors (Lipinski definition) is 5. The van der Waals surface area contributed by atoms with Gasteiger partial charge < -0.3 is 14.8 Å². The first-order valence-corrected chi connectivity index (χ1v) is 6.82. The minimum atomic E-state index is -0.301. The topological polar surface area (TPSA) is 56.3 Å². The molecule has 2 aromatic rings. The molecular weight excluding hydrogens is 273 g/mol. The number of nitrogens with one attached hydrogen (secondary N) is 1. The summed E-state index contributed by atoms with van der Waals surface area (Å²) in [5.41, 5.74) is 1.35. The number of aryl methyl sites for hydroxylation is 1. The van der Waals surface area contributed by atoms with E-state index in [4.69, 9.17) is 9.47 Å². The number of benzene rings is 1. The molecule has 1 aliphatic rings. The first-order chi connectivity index (χ1) is 10.2. The van der Waals surface area contributed by atoms with Gasteiger partial charge in [0, 0.05) is 24.2 Å². The zero-order chi connectivity index (χ0) is 14.7. The van der Waals surface area contributed by atoms with Gasteiger partial charge in [-0.2, -0.15) is 5.10 Å². The van der Waals surface area contributed by atoms with E-state index in [1.807, 2.05) is 6.92 Å². The third-order valence-corrected chi connectivity index (χ3v) is 3.33. The number of ether oxygens (including phenoxy) is 2. The van der Waals surface area contributed by atoms with Crippen molar-refractivity contribution < 1.29 is 13.9 Å². The van der Waals surface area contributed by atoms with Crippen molar-refractivity contribution in [3.05, 3.63) is 47.4 Å². The molecule has 1 aliphatic heterocycles. The van der Waals surface area contributed by atoms with E-state index in [9.17, 15) is 4.39 Å². The van der Waals surface area contributed by atoms with E-state index in [0.717, 1.165) is 12.1 Å². The highest BCUT2D eigenvalue weighted by atomic mass is 19.1. The third-order valence-electron chi connectivity index (χ3n) is 3.33. The Labute approximate surface area is 122 Å². The molecule has 1 aromatic heterocycles. The van der Waals surface area contributed by atoms with Crippen molar-refractivity contribution in [1.82, 2.24) is 15.5 Å². The van der Waals surface area contributed by atoms with Gasteiger partial charge in [-0.25, -0.2) is 4.39 Å². The van der Waals surface area contributed by atoms with E-state index in [0.29, 0.717) is 30.3 Å². The lowest BCUT2D eigenvalue weighted by Crippen LogP contribution is -2.33. The van der Waals surface area contributed by atoms with Crippen molar-refractivity contribution >= 4 is 0 Å². The molecule has 0 saturated carbocycles. The van der Waals surface area contributed by atoms with Crippen LogP contribution >= 0.6 is 0 Å². The van der Waals surface area contributed by atoms with Crippen LogP contribution in [-0.4, -0.2) is 29.9 Å². The number of rotatable bonds is 3. The molecule has 0 amide bonds. The monoisotopic (exact) mass is 289 g/mol. The lowest BCUT2D eigenvalue weighted by atomic mass is 10.1. The molecule has 0 bridgehead atoms. The zero-order valence-electron chi connectivity index (χ0n) is 11.7. The summed E-state index contributed by atoms with van der Waals surface area (Å²) in [5.74, 6) is 0.633. The van der Waals surface area contributed by atoms with Crippen LogP contribution in [0.4, 0.5) is 4.39 Å². The van der Waals surface area contributed by atoms with E-state index >= 15 is 0 Å². The summed E-state index contributed by atoms with van der Waals surface area (Å²) in [5, 5.41) is 10.9. The third kappa shape index (κ3) is 3.17. The Balaban J connectivity index is 1.85. The molecule has 2 heterocycles. The number of hydrogen-bond donors (Lipinski definition) is 1. The Morgan fingerprint density at radius 2 is 2.29 bits per heavy atom. The van der Waals surface area contributed by atoms with E-state index in [2.05, 4.69) is 15.5 Å². The SMILES string of the molecule is Cc1ccnnc1Oc1ccc(F)c([C@@H]2CNCCO2)c1. The smallest absolute Gasteiger partial charge is 0.241 e. The van der Waals surface area contributed by atoms with Crippen LogP contribution in [0.25, 0.3) is 0 Å². The largest absolute Gasteiger partial charge is 0.437 e. The second kappa shape index (κ2) is 6.15. The molecule has 0 radical (unpaired) electrons. The van der Waals surface area contributed by atoms with Crippen molar-refractivity contribution in [3.63, 3.8) is 0 Å². The van der Waals surface area contributed by atoms with Gasteiger partial charge in [-0.3, -0.25) is 0 Å². The lowest BCUT2D eigenvalue weighted by molar-refractivity contribution is 0.0254. The molecular formula is C15H16FN3O2. The normalized spacial score (nSPS) is 18.5. The van der Waals surface area contributed by atoms with Crippen LogP contribution in [0.3, 0.4) is 0 Å². The minimum Gasteiger partial charge on any atom is -0.437 e. The van der Waals surface area contributed by atoms with Crippen LogP contribution < -0.4 is 10.1 Å². The van der Waals surface area contributed by atoms with E-state index in [1.54, 1.807) is 24.4 Å². The Hall–Kier alpha value is -2.05. The van der Waals surface area contributed by atoms with Gasteiger partial charge in [-0.15, -0.1) is 5.10 Å². The molecule has 0 spiro atoms. The fourth-order valence-corrected chi connectivity index (χ4v) is 2.19. The van der Waals surface area contributed by atoms with Crippen LogP contribution in [0.2, 0.25) is 0 Å². The zero-order valence-corrected chi connectivity index (χ0v) is 11.7. The first-order valence-electron chi connectivity index (χ1n) is 6.82. The Morgan fingerprint density at radius 1 is 1.38 bits per heavy atom. The summed E-state index contributed by atoms with van der Waals surface area (Å²) in [6, 6.07) is 6.42. The van der Waals surface area contributed by atoms with Gasteiger partial charge in [0.15, 0.2) is 0 Å². The van der Waals surface area contributed by atoms with Crippen LogP contribution in [0.15, 0.2) is 30.5 Å². The summed E-state index contributed by atoms with van der Waals surface area (Å²) in [4.78, 5) is 0. The molecule has 1 aromatic carbocycles. The van der Waals surface area contributed by atoms with Gasteiger partial charge in [0.2, 0.25) is 5.88 Å². The van der Waals surface area contributed by atoms with Gasteiger partial charge in [-0.05, 0) is 31.2 Å². The average molecular weight is 289 g/mol. The van der Waals surface area contributed by atoms with E-state index in [-0.39, 0.29) is 11.9 Å². The molecule has 1 fully saturated rings. The Morgan fingerprint density at radius 3 is 3.05 bits per heavy atom. The second-order valence-corrected chi connectivity index (χ2v) is 4.87. The molecule has 1 atom stereocenters. The first kappa shape index (κ1) is 13.9. The fourth-order valence-electron chi connectivity index (χ4n) is 2.19. The molecule has 21 heavy (non-hydrogen) atoms. The van der Waals surface area contributed by atoms with Crippen molar-refractivity contribution in [2.24, 2.45) is 0 Å². The molecule has 0 unspecified atom stereocenters. The van der Waals surface area contributed by atoms with Gasteiger partial charge in [0.05, 0.1) is 18.9 Å². The molecule has 1 saturated heterocycles. The maximum atomic E-state index is 14.0. The summed E-state index contributed by atoms with van der Waals surface area (Å²) < 4.78 is 25.2. The molecule has 3 rings (SSSR count). The summed E-state index contributed by atoms with van der Waals surface area (Å²) >= 11 is 0. The summed E-state index contributed by atoms with van der Waals surface area (Å²) in [6.45, 7) is 3.82. The van der Waals surface area contributed by atoms with E-state index < -0.39 is 0 Å². The van der Waals surface area contributed by atoms with Gasteiger partial charge in [-0.1, -0.05) is 0 Å². The minimum absolute atomic E-state index is 0.299. The van der Waals surface area contributed by atoms with Gasteiger partial charge in [0.25, 0.3) is 0 Å². The Bertz CT molecular complexity index is 630. The summed E-state index contributed by atoms with van der Waals surface area (Å²) in [6.07, 6.45) is 1.30. The highest BCUT2D eigenvalue weighted by molar-refractivity contribution is 5.35. The highest BCUT2D eigenvalue weighted by Crippen LogP contribution is 2.28. The van der Waals surface area contributed by atoms with Crippen molar-refractivity contribution in [2.45, 2.75) is 13.0 Å². The van der Waals surface area contributed by atoms with Crippen LogP contribution in [0.5, 0.6) is 11.6 Å². The van der Waals surface area contributed by atoms with E-state index in [1.165, 1.54) is 6.07 Å². The van der Waals surface area contributed by atoms with Crippen molar-refractivity contribution in [1.29, 1.82) is 0 Å². The number of aromatic nitrogens is 2.